The molecule has 0 bridgehead atoms. The number of carbonyl (C=O) groups is 1. The van der Waals surface area contributed by atoms with Gasteiger partial charge in [-0.1, -0.05) is 37.3 Å². The molecule has 0 aliphatic rings. The number of hydrogen-bond acceptors (Lipinski definition) is 5. The first kappa shape index (κ1) is 17.6. The van der Waals surface area contributed by atoms with Crippen molar-refractivity contribution in [1.82, 2.24) is 20.6 Å². The molecule has 2 aromatic carbocycles. The first-order valence-electron chi connectivity index (χ1n) is 8.41. The third-order valence-corrected chi connectivity index (χ3v) is 4.19. The van der Waals surface area contributed by atoms with Crippen molar-refractivity contribution in [2.45, 2.75) is 25.7 Å². The number of hydrogen-bond donors (Lipinski definition) is 1. The Morgan fingerprint density at radius 3 is 2.81 bits per heavy atom. The second kappa shape index (κ2) is 8.24. The van der Waals surface area contributed by atoms with E-state index in [0.29, 0.717) is 12.2 Å². The van der Waals surface area contributed by atoms with Crippen molar-refractivity contribution in [1.29, 1.82) is 0 Å². The summed E-state index contributed by atoms with van der Waals surface area (Å²) in [6.45, 7) is 2.05. The van der Waals surface area contributed by atoms with Crippen LogP contribution in [0.5, 0.6) is 5.75 Å². The number of anilines is 1. The number of benzene rings is 2. The highest BCUT2D eigenvalue weighted by Gasteiger charge is 2.22. The Labute approximate surface area is 151 Å². The van der Waals surface area contributed by atoms with Crippen molar-refractivity contribution in [2.24, 2.45) is 0 Å². The van der Waals surface area contributed by atoms with E-state index in [1.807, 2.05) is 55.5 Å². The summed E-state index contributed by atoms with van der Waals surface area (Å²) >= 11 is 0. The Hall–Kier alpha value is -3.22. The van der Waals surface area contributed by atoms with Gasteiger partial charge in [-0.3, -0.25) is 15.1 Å². The van der Waals surface area contributed by atoms with Gasteiger partial charge in [0.15, 0.2) is 0 Å². The molecule has 0 spiro atoms. The summed E-state index contributed by atoms with van der Waals surface area (Å²) in [5, 5.41) is 17.8. The van der Waals surface area contributed by atoms with E-state index in [1.165, 1.54) is 0 Å². The molecule has 1 heterocycles. The number of nitrogens with zero attached hydrogens (tertiary/aromatic N) is 4. The summed E-state index contributed by atoms with van der Waals surface area (Å²) in [6.07, 6.45) is 1.25. The monoisotopic (exact) mass is 350 g/mol. The number of aromatic nitrogens is 4. The van der Waals surface area contributed by atoms with Gasteiger partial charge < -0.3 is 15.2 Å². The predicted molar refractivity (Wildman–Crippen MR) is 97.0 cm³/mol. The molecule has 0 saturated carbocycles. The van der Waals surface area contributed by atoms with E-state index in [9.17, 15) is 4.79 Å². The van der Waals surface area contributed by atoms with Crippen LogP contribution in [0.1, 0.15) is 29.8 Å². The normalized spacial score (nSPS) is 11.8. The van der Waals surface area contributed by atoms with Gasteiger partial charge in [-0.05, 0) is 42.2 Å². The van der Waals surface area contributed by atoms with Crippen LogP contribution in [-0.2, 0) is 17.6 Å². The fourth-order valence-corrected chi connectivity index (χ4v) is 2.80. The molecule has 1 N–H and O–H groups in total. The van der Waals surface area contributed by atoms with Crippen LogP contribution >= 0.6 is 0 Å². The zero-order chi connectivity index (χ0) is 18.4. The summed E-state index contributed by atoms with van der Waals surface area (Å²) < 4.78 is 5.26. The van der Waals surface area contributed by atoms with Crippen LogP contribution in [0.3, 0.4) is 0 Å². The topological polar surface area (TPSA) is 91.1 Å². The molecule has 134 valence electrons. The minimum Gasteiger partial charge on any atom is -0.497 e. The Kier molecular flexibility index (Phi) is 5.58. The fraction of sp³-hybridized carbons (Fsp3) is 0.263. The minimum atomic E-state index is -0.595. The zero-order valence-electron chi connectivity index (χ0n) is 14.7. The molecular formula is C19H20N5O2-. The van der Waals surface area contributed by atoms with Gasteiger partial charge in [0, 0.05) is 11.5 Å². The maximum Gasteiger partial charge on any atom is 0.232 e. The lowest BCUT2D eigenvalue weighted by molar-refractivity contribution is -0.117. The highest BCUT2D eigenvalue weighted by molar-refractivity contribution is 5.96. The number of nitrogens with one attached hydrogen (secondary N) is 1. The highest BCUT2D eigenvalue weighted by atomic mass is 16.5. The predicted octanol–water partition coefficient (Wildman–Crippen LogP) is 2.36. The lowest BCUT2D eigenvalue weighted by atomic mass is 9.97. The van der Waals surface area contributed by atoms with Gasteiger partial charge >= 0.3 is 0 Å². The Balaban J connectivity index is 1.85. The van der Waals surface area contributed by atoms with Crippen molar-refractivity contribution in [2.75, 3.05) is 12.4 Å². The molecule has 1 atom stereocenters. The third-order valence-electron chi connectivity index (χ3n) is 4.19. The molecule has 1 amide bonds. The number of carbonyl (C=O) groups excluding carboxylic acids is 1. The second-order valence-corrected chi connectivity index (χ2v) is 5.85. The fourth-order valence-electron chi connectivity index (χ4n) is 2.80. The van der Waals surface area contributed by atoms with Crippen LogP contribution in [0.25, 0.3) is 0 Å². The molecule has 7 heteroatoms. The maximum absolute atomic E-state index is 13.0. The van der Waals surface area contributed by atoms with Gasteiger partial charge in [0.25, 0.3) is 0 Å². The average Bonchev–Trinajstić information content (AvgIpc) is 3.21. The van der Waals surface area contributed by atoms with Gasteiger partial charge in [-0.2, -0.15) is 5.21 Å². The number of amides is 1. The van der Waals surface area contributed by atoms with Crippen molar-refractivity contribution in [3.8, 4) is 5.75 Å². The van der Waals surface area contributed by atoms with Crippen LogP contribution < -0.4 is 15.2 Å². The Morgan fingerprint density at radius 1 is 1.23 bits per heavy atom. The molecule has 0 aliphatic heterocycles. The summed E-state index contributed by atoms with van der Waals surface area (Å²) in [7, 11) is 1.61. The molecule has 0 saturated heterocycles. The number of para-hydroxylation sites is 1. The van der Waals surface area contributed by atoms with Crippen LogP contribution in [0.2, 0.25) is 0 Å². The Morgan fingerprint density at radius 2 is 2.08 bits per heavy atom. The largest absolute Gasteiger partial charge is 0.497 e. The third kappa shape index (κ3) is 4.05. The zero-order valence-corrected chi connectivity index (χ0v) is 14.7. The van der Waals surface area contributed by atoms with E-state index in [0.717, 1.165) is 29.0 Å². The van der Waals surface area contributed by atoms with Gasteiger partial charge in [-0.15, -0.1) is 0 Å². The first-order chi connectivity index (χ1) is 12.7. The minimum absolute atomic E-state index is 0.191. The number of tetrazole rings is 1. The van der Waals surface area contributed by atoms with Crippen molar-refractivity contribution in [3.05, 3.63) is 65.5 Å². The van der Waals surface area contributed by atoms with Gasteiger partial charge in [0.05, 0.1) is 13.0 Å². The molecule has 1 aromatic heterocycles. The number of aryl methyl sites for hydroxylation is 1. The maximum atomic E-state index is 13.0. The van der Waals surface area contributed by atoms with Crippen LogP contribution in [0.4, 0.5) is 5.69 Å². The van der Waals surface area contributed by atoms with Gasteiger partial charge in [0.1, 0.15) is 5.75 Å². The lowest BCUT2D eigenvalue weighted by Gasteiger charge is -2.18. The quantitative estimate of drug-likeness (QED) is 0.703. The van der Waals surface area contributed by atoms with Crippen LogP contribution in [0.15, 0.2) is 48.5 Å². The van der Waals surface area contributed by atoms with Gasteiger partial charge in [0.2, 0.25) is 5.91 Å². The standard InChI is InChI=1S/C19H21N5O2/c1-3-14-8-4-5-10-17(14)20-19(25)16(18-21-23-24-22-18)12-13-7-6-9-15(11-13)26-2/h4-11,16H,3,12H2,1-2H3,(H2,20,21,22,23,24,25)/p-1/t16-/m0/s1. The summed E-state index contributed by atoms with van der Waals surface area (Å²) in [5.74, 6) is 0.252. The number of rotatable bonds is 7. The molecule has 3 aromatic rings. The molecule has 26 heavy (non-hydrogen) atoms. The van der Waals surface area contributed by atoms with E-state index in [2.05, 4.69) is 25.9 Å². The smallest absolute Gasteiger partial charge is 0.232 e. The van der Waals surface area contributed by atoms with Crippen LogP contribution in [0, 0.1) is 0 Å². The molecule has 7 nitrogen and oxygen atoms in total. The summed E-state index contributed by atoms with van der Waals surface area (Å²) in [4.78, 5) is 13.0. The lowest BCUT2D eigenvalue weighted by Crippen LogP contribution is -2.25. The van der Waals surface area contributed by atoms with Crippen molar-refractivity contribution in [3.63, 3.8) is 0 Å². The Bertz CT molecular complexity index is 864. The molecule has 0 fully saturated rings. The molecular weight excluding hydrogens is 330 g/mol. The summed E-state index contributed by atoms with van der Waals surface area (Å²) in [5.41, 5.74) is 2.81. The average molecular weight is 350 g/mol. The van der Waals surface area contributed by atoms with E-state index in [-0.39, 0.29) is 5.91 Å². The first-order valence-corrected chi connectivity index (χ1v) is 8.41. The van der Waals surface area contributed by atoms with Crippen LogP contribution in [-0.4, -0.2) is 28.5 Å². The van der Waals surface area contributed by atoms with E-state index in [1.54, 1.807) is 7.11 Å². The molecule has 0 aliphatic carbocycles. The van der Waals surface area contributed by atoms with Gasteiger partial charge in [-0.25, -0.2) is 0 Å². The summed E-state index contributed by atoms with van der Waals surface area (Å²) in [6, 6.07) is 15.3. The molecule has 0 radical (unpaired) electrons. The van der Waals surface area contributed by atoms with Crippen molar-refractivity contribution >= 4 is 11.6 Å². The number of ether oxygens (including phenoxy) is 1. The van der Waals surface area contributed by atoms with E-state index >= 15 is 0 Å². The number of methoxy groups -OCH3 is 1. The van der Waals surface area contributed by atoms with Crippen molar-refractivity contribution < 1.29 is 9.53 Å². The second-order valence-electron chi connectivity index (χ2n) is 5.85. The highest BCUT2D eigenvalue weighted by Crippen LogP contribution is 2.23. The van der Waals surface area contributed by atoms with E-state index in [4.69, 9.17) is 4.74 Å². The SMILES string of the molecule is CCc1ccccc1NC(=O)[C@@H](Cc1cccc(OC)c1)c1nnn[n-]1. The van der Waals surface area contributed by atoms with E-state index < -0.39 is 5.92 Å². The molecule has 3 rings (SSSR count). The molecule has 0 unspecified atom stereocenters.